The highest BCUT2D eigenvalue weighted by molar-refractivity contribution is 7.91. The Kier molecular flexibility index (Phi) is 7.95. The van der Waals surface area contributed by atoms with E-state index in [0.717, 1.165) is 0 Å². The van der Waals surface area contributed by atoms with Crippen LogP contribution in [0.4, 0.5) is 5.13 Å². The number of hydrogen-bond acceptors (Lipinski definition) is 10. The fraction of sp³-hybridized carbons (Fsp3) is 0.174. The quantitative estimate of drug-likeness (QED) is 0.207. The van der Waals surface area contributed by atoms with Crippen LogP contribution < -0.4 is 14.8 Å². The number of nitrogens with one attached hydrogen (secondary N) is 1. The molecule has 3 aromatic rings. The van der Waals surface area contributed by atoms with Gasteiger partial charge in [0, 0.05) is 11.5 Å². The van der Waals surface area contributed by atoms with Gasteiger partial charge in [-0.3, -0.25) is 10.1 Å². The number of amides is 1. The summed E-state index contributed by atoms with van der Waals surface area (Å²) in [6.45, 7) is 2.99. The van der Waals surface area contributed by atoms with Gasteiger partial charge in [-0.2, -0.15) is 14.6 Å². The zero-order valence-corrected chi connectivity index (χ0v) is 20.5. The van der Waals surface area contributed by atoms with Crippen molar-refractivity contribution in [2.45, 2.75) is 24.3 Å². The van der Waals surface area contributed by atoms with Gasteiger partial charge in [-0.15, -0.1) is 0 Å². The van der Waals surface area contributed by atoms with Crippen LogP contribution in [-0.2, 0) is 14.6 Å². The minimum atomic E-state index is -3.68. The topological polar surface area (TPSA) is 148 Å². The first-order chi connectivity index (χ1) is 16.6. The summed E-state index contributed by atoms with van der Waals surface area (Å²) in [5, 5.41) is 10.6. The molecular formula is C23H20N4O6S2. The van der Waals surface area contributed by atoms with Crippen LogP contribution in [-0.4, -0.2) is 42.0 Å². The zero-order valence-electron chi connectivity index (χ0n) is 18.9. The van der Waals surface area contributed by atoms with Crippen molar-refractivity contribution in [1.29, 1.82) is 5.26 Å². The number of rotatable bonds is 8. The molecule has 0 atom stereocenters. The summed E-state index contributed by atoms with van der Waals surface area (Å²) in [5.74, 6) is -0.433. The summed E-state index contributed by atoms with van der Waals surface area (Å²) in [7, 11) is -2.16. The molecule has 1 amide bonds. The highest BCUT2D eigenvalue weighted by Gasteiger charge is 2.25. The Bertz CT molecular complexity index is 1400. The molecule has 0 unspecified atom stereocenters. The molecule has 0 radical (unpaired) electrons. The average Bonchev–Trinajstić information content (AvgIpc) is 3.32. The van der Waals surface area contributed by atoms with Crippen LogP contribution in [0.1, 0.15) is 29.8 Å². The zero-order chi connectivity index (χ0) is 25.6. The fourth-order valence-corrected chi connectivity index (χ4v) is 4.29. The van der Waals surface area contributed by atoms with Gasteiger partial charge in [0.25, 0.3) is 11.1 Å². The minimum absolute atomic E-state index is 0.0452. The Labute approximate surface area is 205 Å². The van der Waals surface area contributed by atoms with E-state index in [-0.39, 0.29) is 21.6 Å². The molecule has 12 heteroatoms. The van der Waals surface area contributed by atoms with Crippen LogP contribution in [0.2, 0.25) is 0 Å². The minimum Gasteiger partial charge on any atom is -0.497 e. The van der Waals surface area contributed by atoms with Crippen molar-refractivity contribution < 1.29 is 27.5 Å². The van der Waals surface area contributed by atoms with Gasteiger partial charge in [0.1, 0.15) is 23.1 Å². The van der Waals surface area contributed by atoms with Gasteiger partial charge < -0.3 is 9.47 Å². The lowest BCUT2D eigenvalue weighted by Gasteiger charge is -2.06. The standard InChI is InChI=1S/C23H20N4O6S2/c1-14(2)35(30,31)23-26-22(34-27-23)25-20(28)17(13-24)12-15-4-8-19(9-5-15)33-21(29)16-6-10-18(32-3)11-7-16/h4-12,14H,1-3H3,(H,25,26,27,28)/b17-12-. The highest BCUT2D eigenvalue weighted by Crippen LogP contribution is 2.21. The first-order valence-corrected chi connectivity index (χ1v) is 12.4. The van der Waals surface area contributed by atoms with E-state index in [0.29, 0.717) is 28.4 Å². The molecule has 1 heterocycles. The number of sulfone groups is 1. The van der Waals surface area contributed by atoms with Crippen LogP contribution in [0.15, 0.2) is 59.3 Å². The first kappa shape index (κ1) is 25.5. The van der Waals surface area contributed by atoms with Gasteiger partial charge in [-0.1, -0.05) is 12.1 Å². The van der Waals surface area contributed by atoms with E-state index >= 15 is 0 Å². The summed E-state index contributed by atoms with van der Waals surface area (Å²) < 4.78 is 38.4. The van der Waals surface area contributed by atoms with Gasteiger partial charge in [-0.25, -0.2) is 13.2 Å². The summed E-state index contributed by atoms with van der Waals surface area (Å²) >= 11 is 0.700. The fourth-order valence-electron chi connectivity index (χ4n) is 2.59. The molecule has 3 rings (SSSR count). The number of nitriles is 1. The van der Waals surface area contributed by atoms with E-state index in [2.05, 4.69) is 14.7 Å². The van der Waals surface area contributed by atoms with Crippen molar-refractivity contribution in [3.8, 4) is 17.6 Å². The second-order valence-corrected chi connectivity index (χ2v) is 10.4. The van der Waals surface area contributed by atoms with E-state index in [1.165, 1.54) is 39.2 Å². The van der Waals surface area contributed by atoms with Crippen LogP contribution in [0.3, 0.4) is 0 Å². The third kappa shape index (κ3) is 6.28. The molecule has 0 saturated heterocycles. The highest BCUT2D eigenvalue weighted by atomic mass is 32.2. The molecule has 2 aromatic carbocycles. The van der Waals surface area contributed by atoms with Gasteiger partial charge in [0.15, 0.2) is 0 Å². The van der Waals surface area contributed by atoms with E-state index in [4.69, 9.17) is 9.47 Å². The molecular weight excluding hydrogens is 492 g/mol. The number of ether oxygens (including phenoxy) is 2. The van der Waals surface area contributed by atoms with Crippen molar-refractivity contribution in [3.63, 3.8) is 0 Å². The Morgan fingerprint density at radius 2 is 1.71 bits per heavy atom. The largest absolute Gasteiger partial charge is 0.497 e. The van der Waals surface area contributed by atoms with Gasteiger partial charge in [0.05, 0.1) is 17.9 Å². The molecule has 0 aliphatic carbocycles. The van der Waals surface area contributed by atoms with Crippen LogP contribution in [0.5, 0.6) is 11.5 Å². The number of methoxy groups -OCH3 is 1. The van der Waals surface area contributed by atoms with E-state index in [1.807, 2.05) is 0 Å². The summed E-state index contributed by atoms with van der Waals surface area (Å²) in [6.07, 6.45) is 1.33. The number of nitrogens with zero attached hydrogens (tertiary/aromatic N) is 3. The molecule has 1 N–H and O–H groups in total. The maximum atomic E-state index is 12.5. The molecule has 1 aromatic heterocycles. The SMILES string of the molecule is COc1ccc(C(=O)Oc2ccc(/C=C(/C#N)C(=O)Nc3nc(S(=O)(=O)C(C)C)ns3)cc2)cc1. The summed E-state index contributed by atoms with van der Waals surface area (Å²) in [4.78, 5) is 28.6. The maximum Gasteiger partial charge on any atom is 0.343 e. The summed E-state index contributed by atoms with van der Waals surface area (Å²) in [5.41, 5.74) is 0.608. The van der Waals surface area contributed by atoms with Crippen molar-refractivity contribution in [2.75, 3.05) is 12.4 Å². The Morgan fingerprint density at radius 3 is 2.29 bits per heavy atom. The second-order valence-electron chi connectivity index (χ2n) is 7.29. The smallest absolute Gasteiger partial charge is 0.343 e. The third-order valence-corrected chi connectivity index (χ3v) is 7.27. The van der Waals surface area contributed by atoms with Gasteiger partial charge in [-0.05, 0) is 61.9 Å². The first-order valence-electron chi connectivity index (χ1n) is 10.1. The van der Waals surface area contributed by atoms with Crippen molar-refractivity contribution in [2.24, 2.45) is 0 Å². The maximum absolute atomic E-state index is 12.5. The van der Waals surface area contributed by atoms with Crippen LogP contribution in [0.25, 0.3) is 6.08 Å². The number of carbonyl (C=O) groups is 2. The number of anilines is 1. The number of carbonyl (C=O) groups excluding carboxylic acids is 2. The molecule has 0 fully saturated rings. The molecule has 0 spiro atoms. The average molecular weight is 513 g/mol. The van der Waals surface area contributed by atoms with Crippen LogP contribution >= 0.6 is 11.5 Å². The molecule has 180 valence electrons. The Hall–Kier alpha value is -4.08. The van der Waals surface area contributed by atoms with Gasteiger partial charge in [0.2, 0.25) is 15.0 Å². The molecule has 10 nitrogen and oxygen atoms in total. The van der Waals surface area contributed by atoms with Crippen LogP contribution in [0, 0.1) is 11.3 Å². The predicted molar refractivity (Wildman–Crippen MR) is 129 cm³/mol. The second kappa shape index (κ2) is 10.9. The normalized spacial score (nSPS) is 11.6. The van der Waals surface area contributed by atoms with E-state index in [9.17, 15) is 23.3 Å². The van der Waals surface area contributed by atoms with Crippen molar-refractivity contribution in [1.82, 2.24) is 9.36 Å². The van der Waals surface area contributed by atoms with Crippen molar-refractivity contribution in [3.05, 3.63) is 65.2 Å². The molecule has 0 aliphatic heterocycles. The predicted octanol–water partition coefficient (Wildman–Crippen LogP) is 3.49. The number of benzene rings is 2. The third-order valence-electron chi connectivity index (χ3n) is 4.60. The van der Waals surface area contributed by atoms with Gasteiger partial charge >= 0.3 is 5.97 Å². The lowest BCUT2D eigenvalue weighted by Crippen LogP contribution is -2.16. The number of aromatic nitrogens is 2. The number of esters is 1. The lowest BCUT2D eigenvalue weighted by atomic mass is 10.1. The monoisotopic (exact) mass is 512 g/mol. The van der Waals surface area contributed by atoms with Crippen molar-refractivity contribution >= 4 is 44.5 Å². The Morgan fingerprint density at radius 1 is 1.09 bits per heavy atom. The molecule has 0 aliphatic rings. The lowest BCUT2D eigenvalue weighted by molar-refractivity contribution is -0.112. The summed E-state index contributed by atoms with van der Waals surface area (Å²) in [6, 6.07) is 14.4. The van der Waals surface area contributed by atoms with E-state index < -0.39 is 27.0 Å². The molecule has 0 bridgehead atoms. The number of hydrogen-bond donors (Lipinski definition) is 1. The molecule has 35 heavy (non-hydrogen) atoms. The molecule has 0 saturated carbocycles. The van der Waals surface area contributed by atoms with E-state index in [1.54, 1.807) is 42.5 Å². The Balaban J connectivity index is 1.67.